The lowest BCUT2D eigenvalue weighted by atomic mass is 10.2. The van der Waals surface area contributed by atoms with Crippen molar-refractivity contribution in [2.75, 3.05) is 0 Å². The van der Waals surface area contributed by atoms with Gasteiger partial charge >= 0.3 is 5.97 Å². The van der Waals surface area contributed by atoms with Gasteiger partial charge in [0, 0.05) is 0 Å². The summed E-state index contributed by atoms with van der Waals surface area (Å²) in [4.78, 5) is 30.9. The average Bonchev–Trinajstić information content (AvgIpc) is 3.01. The molecular formula is C10H12N4O4S. The molecule has 1 aliphatic carbocycles. The summed E-state index contributed by atoms with van der Waals surface area (Å²) in [5.41, 5.74) is 0.950. The maximum atomic E-state index is 11.3. The summed E-state index contributed by atoms with van der Waals surface area (Å²) in [6.07, 6.45) is 5.46. The second kappa shape index (κ2) is 5.85. The highest BCUT2D eigenvalue weighted by Gasteiger charge is 2.43. The first kappa shape index (κ1) is 13.6. The van der Waals surface area contributed by atoms with Crippen molar-refractivity contribution >= 4 is 35.6 Å². The molecule has 9 heteroatoms. The number of carbonyl (C=O) groups excluding carboxylic acids is 1. The van der Waals surface area contributed by atoms with Crippen LogP contribution in [-0.4, -0.2) is 40.6 Å². The monoisotopic (exact) mass is 284 g/mol. The summed E-state index contributed by atoms with van der Waals surface area (Å²) in [6, 6.07) is 0. The van der Waals surface area contributed by atoms with Crippen LogP contribution in [-0.2, 0) is 14.4 Å². The fraction of sp³-hybridized carbons (Fsp3) is 0.400. The highest BCUT2D eigenvalue weighted by molar-refractivity contribution is 8.10. The molecule has 19 heavy (non-hydrogen) atoms. The van der Waals surface area contributed by atoms with Gasteiger partial charge in [0.25, 0.3) is 5.79 Å². The molecule has 0 fully saturated rings. The lowest BCUT2D eigenvalue weighted by molar-refractivity contribution is -0.130. The quantitative estimate of drug-likeness (QED) is 0.205. The van der Waals surface area contributed by atoms with Crippen molar-refractivity contribution in [1.82, 2.24) is 10.0 Å². The van der Waals surface area contributed by atoms with Gasteiger partial charge in [0.15, 0.2) is 0 Å². The van der Waals surface area contributed by atoms with Gasteiger partial charge in [0.05, 0.1) is 5.55 Å². The molecular weight excluding hydrogens is 272 g/mol. The van der Waals surface area contributed by atoms with Crippen molar-refractivity contribution in [1.29, 1.82) is 0 Å². The van der Waals surface area contributed by atoms with Gasteiger partial charge in [-0.1, -0.05) is 11.2 Å². The summed E-state index contributed by atoms with van der Waals surface area (Å²) >= 11 is 1.05. The van der Waals surface area contributed by atoms with E-state index in [9.17, 15) is 14.7 Å². The van der Waals surface area contributed by atoms with Crippen LogP contribution in [0, 0.1) is 0 Å². The third-order valence-corrected chi connectivity index (χ3v) is 3.19. The van der Waals surface area contributed by atoms with Crippen molar-refractivity contribution in [3.05, 3.63) is 12.2 Å². The third-order valence-electron chi connectivity index (χ3n) is 2.57. The van der Waals surface area contributed by atoms with E-state index in [0.29, 0.717) is 6.41 Å². The first-order valence-electron chi connectivity index (χ1n) is 5.50. The van der Waals surface area contributed by atoms with Gasteiger partial charge in [-0.2, -0.15) is 0 Å². The summed E-state index contributed by atoms with van der Waals surface area (Å²) in [5.74, 6) is -2.93. The molecule has 0 aromatic carbocycles. The molecule has 2 aliphatic rings. The zero-order chi connectivity index (χ0) is 13.7. The van der Waals surface area contributed by atoms with E-state index in [4.69, 9.17) is 4.84 Å². The zero-order valence-corrected chi connectivity index (χ0v) is 10.6. The highest BCUT2D eigenvalue weighted by atomic mass is 32.2. The van der Waals surface area contributed by atoms with Crippen LogP contribution in [0.15, 0.2) is 22.3 Å². The predicted molar refractivity (Wildman–Crippen MR) is 69.5 cm³/mol. The van der Waals surface area contributed by atoms with Crippen LogP contribution >= 0.6 is 11.9 Å². The second-order valence-corrected chi connectivity index (χ2v) is 4.47. The summed E-state index contributed by atoms with van der Waals surface area (Å²) < 4.78 is 2.67. The number of amides is 1. The Morgan fingerprint density at radius 1 is 1.74 bits per heavy atom. The van der Waals surface area contributed by atoms with E-state index in [1.165, 1.54) is 5.55 Å². The van der Waals surface area contributed by atoms with Gasteiger partial charge in [0.1, 0.15) is 6.10 Å². The van der Waals surface area contributed by atoms with Crippen LogP contribution in [0.1, 0.15) is 12.8 Å². The molecule has 2 atom stereocenters. The number of allylic oxidation sites excluding steroid dienone is 1. The highest BCUT2D eigenvalue weighted by Crippen LogP contribution is 2.19. The molecule has 2 rings (SSSR count). The molecule has 0 radical (unpaired) electrons. The number of oxime groups is 1. The first-order chi connectivity index (χ1) is 9.18. The molecule has 0 aromatic heterocycles. The van der Waals surface area contributed by atoms with Crippen LogP contribution in [0.4, 0.5) is 0 Å². The summed E-state index contributed by atoms with van der Waals surface area (Å²) in [6.45, 7) is 0. The number of carbonyl (C=O) groups is 2. The SMILES string of the molecule is O=CNC1(/C(=N/OC2C=CCC2)C(=O)O)N=CSN1. The topological polar surface area (TPSA) is 112 Å². The maximum Gasteiger partial charge on any atom is 0.359 e. The average molecular weight is 284 g/mol. The maximum absolute atomic E-state index is 11.3. The minimum Gasteiger partial charge on any atom is -0.476 e. The standard InChI is InChI=1S/C10H12N4O4S/c15-5-11-10(12-6-19-14-10)8(9(16)17)13-18-7-3-1-2-4-7/h1,3,5-7,14H,2,4H2,(H,11,15)(H,16,17)/b13-8+. The van der Waals surface area contributed by atoms with Gasteiger partial charge in [-0.25, -0.2) is 14.5 Å². The summed E-state index contributed by atoms with van der Waals surface area (Å²) in [7, 11) is 0. The van der Waals surface area contributed by atoms with Crippen LogP contribution in [0.2, 0.25) is 0 Å². The molecule has 102 valence electrons. The number of aliphatic imine (C=N–C) groups is 1. The molecule has 1 amide bonds. The van der Waals surface area contributed by atoms with Gasteiger partial charge in [-0.05, 0) is 30.9 Å². The van der Waals surface area contributed by atoms with Crippen LogP contribution in [0.25, 0.3) is 0 Å². The van der Waals surface area contributed by atoms with Gasteiger partial charge in [-0.15, -0.1) is 0 Å². The molecule has 3 N–H and O–H groups in total. The molecule has 0 saturated heterocycles. The van der Waals surface area contributed by atoms with Crippen molar-refractivity contribution in [3.8, 4) is 0 Å². The molecule has 1 aliphatic heterocycles. The zero-order valence-electron chi connectivity index (χ0n) is 9.78. The van der Waals surface area contributed by atoms with Gasteiger partial charge in [-0.3, -0.25) is 4.79 Å². The van der Waals surface area contributed by atoms with Crippen molar-refractivity contribution < 1.29 is 19.5 Å². The van der Waals surface area contributed by atoms with E-state index in [1.54, 1.807) is 0 Å². The molecule has 0 spiro atoms. The number of carboxylic acids is 1. The summed E-state index contributed by atoms with van der Waals surface area (Å²) in [5, 5.41) is 15.1. The third kappa shape index (κ3) is 2.93. The number of nitrogens with zero attached hydrogens (tertiary/aromatic N) is 2. The Bertz CT molecular complexity index is 464. The van der Waals surface area contributed by atoms with Gasteiger partial charge < -0.3 is 15.3 Å². The van der Waals surface area contributed by atoms with E-state index < -0.39 is 17.5 Å². The number of aliphatic carboxylic acids is 1. The van der Waals surface area contributed by atoms with Crippen LogP contribution in [0.3, 0.4) is 0 Å². The van der Waals surface area contributed by atoms with E-state index in [1.807, 2.05) is 12.2 Å². The number of carboxylic acid groups (broad SMARTS) is 1. The van der Waals surface area contributed by atoms with E-state index in [2.05, 4.69) is 20.2 Å². The number of hydrogen-bond donors (Lipinski definition) is 3. The van der Waals surface area contributed by atoms with E-state index >= 15 is 0 Å². The molecule has 0 aromatic rings. The van der Waals surface area contributed by atoms with Crippen LogP contribution < -0.4 is 10.0 Å². The molecule has 0 bridgehead atoms. The smallest absolute Gasteiger partial charge is 0.359 e. The minimum atomic E-state index is -1.60. The lowest BCUT2D eigenvalue weighted by Gasteiger charge is -2.23. The van der Waals surface area contributed by atoms with Crippen molar-refractivity contribution in [2.24, 2.45) is 10.1 Å². The van der Waals surface area contributed by atoms with Crippen molar-refractivity contribution in [3.63, 3.8) is 0 Å². The second-order valence-electron chi connectivity index (χ2n) is 3.82. The Morgan fingerprint density at radius 3 is 3.11 bits per heavy atom. The van der Waals surface area contributed by atoms with E-state index in [-0.39, 0.29) is 6.10 Å². The van der Waals surface area contributed by atoms with Gasteiger partial charge in [0.2, 0.25) is 12.1 Å². The Hall–Kier alpha value is -1.87. The number of hydrogen-bond acceptors (Lipinski definition) is 7. The Balaban J connectivity index is 2.19. The van der Waals surface area contributed by atoms with E-state index in [0.717, 1.165) is 24.8 Å². The Morgan fingerprint density at radius 2 is 2.58 bits per heavy atom. The van der Waals surface area contributed by atoms with Crippen molar-refractivity contribution in [2.45, 2.75) is 24.7 Å². The molecule has 8 nitrogen and oxygen atoms in total. The Labute approximate surface area is 113 Å². The Kier molecular flexibility index (Phi) is 4.17. The number of rotatable bonds is 6. The van der Waals surface area contributed by atoms with Crippen LogP contribution in [0.5, 0.6) is 0 Å². The lowest BCUT2D eigenvalue weighted by Crippen LogP contribution is -2.59. The molecule has 2 unspecified atom stereocenters. The predicted octanol–water partition coefficient (Wildman–Crippen LogP) is -0.158. The largest absolute Gasteiger partial charge is 0.476 e. The first-order valence-corrected chi connectivity index (χ1v) is 6.38. The molecule has 1 heterocycles. The minimum absolute atomic E-state index is 0.249. The molecule has 0 saturated carbocycles. The normalized spacial score (nSPS) is 29.5. The fourth-order valence-electron chi connectivity index (χ4n) is 1.65. The fourth-order valence-corrected chi connectivity index (χ4v) is 2.29. The number of nitrogens with one attached hydrogen (secondary N) is 2.